The van der Waals surface area contributed by atoms with Crippen LogP contribution >= 0.6 is 0 Å². The molecule has 0 radical (unpaired) electrons. The highest BCUT2D eigenvalue weighted by Gasteiger charge is 2.32. The maximum atomic E-state index is 12.8. The van der Waals surface area contributed by atoms with Crippen LogP contribution in [0.15, 0.2) is 192 Å². The van der Waals surface area contributed by atoms with Crippen molar-refractivity contribution in [3.63, 3.8) is 0 Å². The third-order valence-electron chi connectivity index (χ3n) is 8.68. The summed E-state index contributed by atoms with van der Waals surface area (Å²) >= 11 is 0. The second-order valence-corrected chi connectivity index (χ2v) is 16.4. The number of benzene rings is 6. The van der Waals surface area contributed by atoms with E-state index in [1.807, 2.05) is 91.0 Å². The van der Waals surface area contributed by atoms with Gasteiger partial charge in [0.1, 0.15) is 0 Å². The molecule has 0 aliphatic rings. The third kappa shape index (κ3) is 9.15. The Balaban J connectivity index is 0.000000185. The van der Waals surface area contributed by atoms with Gasteiger partial charge in [-0.2, -0.15) is 22.7 Å². The van der Waals surface area contributed by atoms with Crippen molar-refractivity contribution in [2.75, 3.05) is 5.08 Å². The number of hydrogen-bond acceptors (Lipinski definition) is 2. The van der Waals surface area contributed by atoms with Crippen molar-refractivity contribution in [2.45, 2.75) is 41.6 Å². The van der Waals surface area contributed by atoms with E-state index in [0.29, 0.717) is 0 Å². The highest BCUT2D eigenvalue weighted by atomic mass is 32.3. The zero-order valence-electron chi connectivity index (χ0n) is 27.1. The molecule has 0 saturated carbocycles. The fraction of sp³-hybridized carbons (Fsp3) is 0.143. The Morgan fingerprint density at radius 3 is 1.19 bits per heavy atom. The Morgan fingerprint density at radius 1 is 0.489 bits per heavy atom. The second-order valence-electron chi connectivity index (χ2n) is 11.9. The predicted molar refractivity (Wildman–Crippen MR) is 204 cm³/mol. The van der Waals surface area contributed by atoms with Gasteiger partial charge in [0.2, 0.25) is 14.9 Å². The first-order chi connectivity index (χ1) is 23.0. The van der Waals surface area contributed by atoms with E-state index in [4.69, 9.17) is 0 Å². The summed E-state index contributed by atoms with van der Waals surface area (Å²) < 4.78 is 25.5. The van der Waals surface area contributed by atoms with E-state index < -0.39 is 26.9 Å². The minimum absolute atomic E-state index is 0.0804. The Hall–Kier alpha value is -4.32. The van der Waals surface area contributed by atoms with E-state index in [-0.39, 0.29) is 10.8 Å². The summed E-state index contributed by atoms with van der Waals surface area (Å²) in [6.45, 7) is 2.28. The molecule has 0 heterocycles. The lowest BCUT2D eigenvalue weighted by molar-refractivity contribution is 0.600. The lowest BCUT2D eigenvalue weighted by atomic mass is 9.14. The van der Waals surface area contributed by atoms with E-state index in [0.717, 1.165) is 15.4 Å². The summed E-state index contributed by atoms with van der Waals surface area (Å²) in [5, 5.41) is 0.135. The first-order valence-electron chi connectivity index (χ1n) is 16.4. The van der Waals surface area contributed by atoms with Crippen LogP contribution in [-0.2, 0) is 26.5 Å². The van der Waals surface area contributed by atoms with Gasteiger partial charge < -0.3 is 0 Å². The number of hydrogen-bond donors (Lipinski definition) is 0. The maximum Gasteiger partial charge on any atom is 0.218 e. The lowest BCUT2D eigenvalue weighted by Gasteiger charge is -2.43. The Morgan fingerprint density at radius 2 is 0.830 bits per heavy atom. The van der Waals surface area contributed by atoms with Crippen LogP contribution in [0.4, 0.5) is 0 Å². The molecule has 0 saturated heterocycles. The first-order valence-corrected chi connectivity index (χ1v) is 19.6. The Bertz CT molecular complexity index is 1720. The molecule has 0 unspecified atom stereocenters. The van der Waals surface area contributed by atoms with Gasteiger partial charge in [-0.1, -0.05) is 177 Å². The quantitative estimate of drug-likeness (QED) is 0.0984. The van der Waals surface area contributed by atoms with Crippen LogP contribution in [0.2, 0.25) is 6.32 Å². The highest BCUT2D eigenvalue weighted by molar-refractivity contribution is 8.10. The molecular formula is C42H43BO2S2. The van der Waals surface area contributed by atoms with Crippen LogP contribution < -0.4 is 16.4 Å². The molecule has 0 aliphatic carbocycles. The molecule has 0 amide bonds. The molecule has 238 valence electrons. The average Bonchev–Trinajstić information content (AvgIpc) is 3.14. The minimum atomic E-state index is -3.22. The van der Waals surface area contributed by atoms with E-state index in [1.54, 1.807) is 0 Å². The van der Waals surface area contributed by atoms with Crippen molar-refractivity contribution in [3.8, 4) is 0 Å². The molecule has 0 N–H and O–H groups in total. The van der Waals surface area contributed by atoms with Crippen LogP contribution in [0.1, 0.15) is 25.3 Å². The summed E-state index contributed by atoms with van der Waals surface area (Å²) in [6.07, 6.45) is 2.73. The van der Waals surface area contributed by atoms with Crippen LogP contribution in [0.25, 0.3) is 0 Å². The Labute approximate surface area is 284 Å². The van der Waals surface area contributed by atoms with E-state index in [9.17, 15) is 8.42 Å². The van der Waals surface area contributed by atoms with Crippen molar-refractivity contribution >= 4 is 43.3 Å². The molecule has 6 aromatic rings. The molecule has 0 bridgehead atoms. The van der Waals surface area contributed by atoms with Crippen LogP contribution in [0.3, 0.4) is 0 Å². The SMILES string of the molecule is CCCC[B-](c1ccccc1)(c1ccccc1)c1ccccc1.O=S(=O)(Cc1ccccc1)C[S+](c1ccccc1)c1ccccc1. The monoisotopic (exact) mass is 654 g/mol. The third-order valence-corrected chi connectivity index (χ3v) is 13.5. The van der Waals surface area contributed by atoms with Gasteiger partial charge in [0.25, 0.3) is 0 Å². The van der Waals surface area contributed by atoms with Gasteiger partial charge in [0.15, 0.2) is 9.79 Å². The molecular weight excluding hydrogens is 611 g/mol. The minimum Gasteiger partial charge on any atom is -0.224 e. The molecule has 0 aromatic heterocycles. The van der Waals surface area contributed by atoms with Gasteiger partial charge in [-0.05, 0) is 29.8 Å². The topological polar surface area (TPSA) is 34.1 Å². The molecule has 5 heteroatoms. The van der Waals surface area contributed by atoms with Gasteiger partial charge in [0, 0.05) is 0 Å². The molecule has 0 spiro atoms. The molecule has 0 fully saturated rings. The van der Waals surface area contributed by atoms with Gasteiger partial charge in [0.05, 0.1) is 22.8 Å². The van der Waals surface area contributed by atoms with Gasteiger partial charge in [-0.15, -0.1) is 0 Å². The van der Waals surface area contributed by atoms with Crippen molar-refractivity contribution in [1.29, 1.82) is 0 Å². The second kappa shape index (κ2) is 17.0. The first kappa shape index (κ1) is 34.0. The maximum absolute atomic E-state index is 12.8. The standard InChI is InChI=1S/C22H24B.C20H19O2S2/c1-2-3-19-23(20-13-7-4-8-14-20,21-15-9-5-10-16-21)22-17-11-6-12-18-22;21-24(22,16-18-10-4-1-5-11-18)17-23(19-12-6-2-7-13-19)20-14-8-3-9-15-20/h4-18H,2-3,19H2,1H3;1-15H,16-17H2/q-1;+1. The van der Waals surface area contributed by atoms with Crippen LogP contribution in [-0.4, -0.2) is 19.6 Å². The Kier molecular flexibility index (Phi) is 12.3. The predicted octanol–water partition coefficient (Wildman–Crippen LogP) is 8.25. The van der Waals surface area contributed by atoms with Crippen LogP contribution in [0.5, 0.6) is 0 Å². The van der Waals surface area contributed by atoms with Crippen molar-refractivity contribution in [1.82, 2.24) is 0 Å². The van der Waals surface area contributed by atoms with Gasteiger partial charge in [-0.25, -0.2) is 8.42 Å². The lowest BCUT2D eigenvalue weighted by Crippen LogP contribution is -2.66. The van der Waals surface area contributed by atoms with Crippen molar-refractivity contribution in [3.05, 3.63) is 188 Å². The summed E-state index contributed by atoms with van der Waals surface area (Å²) in [4.78, 5) is 2.11. The smallest absolute Gasteiger partial charge is 0.218 e. The van der Waals surface area contributed by atoms with Crippen LogP contribution in [0, 0.1) is 0 Å². The summed E-state index contributed by atoms with van der Waals surface area (Å²) in [5.41, 5.74) is 5.16. The number of sulfone groups is 1. The zero-order valence-corrected chi connectivity index (χ0v) is 28.7. The van der Waals surface area contributed by atoms with Gasteiger partial charge >= 0.3 is 0 Å². The zero-order chi connectivity index (χ0) is 32.8. The van der Waals surface area contributed by atoms with Gasteiger partial charge in [-0.3, -0.25) is 0 Å². The fourth-order valence-corrected chi connectivity index (χ4v) is 11.2. The van der Waals surface area contributed by atoms with E-state index >= 15 is 0 Å². The molecule has 6 rings (SSSR count). The van der Waals surface area contributed by atoms with Crippen molar-refractivity contribution in [2.24, 2.45) is 0 Å². The summed E-state index contributed by atoms with van der Waals surface area (Å²) in [6, 6.07) is 62.3. The molecule has 47 heavy (non-hydrogen) atoms. The largest absolute Gasteiger partial charge is 0.224 e. The molecule has 6 aromatic carbocycles. The summed E-state index contributed by atoms with van der Waals surface area (Å²) in [7, 11) is -3.70. The highest BCUT2D eigenvalue weighted by Crippen LogP contribution is 2.26. The van der Waals surface area contributed by atoms with E-state index in [1.165, 1.54) is 35.6 Å². The summed E-state index contributed by atoms with van der Waals surface area (Å²) in [5.74, 6) is 0.0804. The molecule has 0 atom stereocenters. The van der Waals surface area contributed by atoms with E-state index in [2.05, 4.69) is 97.9 Å². The average molecular weight is 655 g/mol. The molecule has 0 aliphatic heterocycles. The molecule has 2 nitrogen and oxygen atoms in total. The fourth-order valence-electron chi connectivity index (χ4n) is 6.42. The number of rotatable bonds is 12. The normalized spacial score (nSPS) is 11.4. The van der Waals surface area contributed by atoms with Crippen molar-refractivity contribution < 1.29 is 8.42 Å². The number of unbranched alkanes of at least 4 members (excludes halogenated alkanes) is 1.